The third-order valence-electron chi connectivity index (χ3n) is 1.72. The van der Waals surface area contributed by atoms with Crippen LogP contribution in [-0.2, 0) is 6.54 Å². The van der Waals surface area contributed by atoms with E-state index < -0.39 is 0 Å². The number of aromatic nitrogens is 1. The van der Waals surface area contributed by atoms with Crippen LogP contribution in [0.5, 0.6) is 0 Å². The molecule has 1 aromatic rings. The fraction of sp³-hybridized carbons (Fsp3) is 0.500. The summed E-state index contributed by atoms with van der Waals surface area (Å²) in [5.41, 5.74) is 0. The van der Waals surface area contributed by atoms with Gasteiger partial charge in [0.05, 0.1) is 5.01 Å². The average molecular weight is 194 g/mol. The van der Waals surface area contributed by atoms with Gasteiger partial charge in [-0.1, -0.05) is 0 Å². The third kappa shape index (κ3) is 3.58. The standard InChI is InChI=1S/C10H14N2S/c1-4-5-8(2)11-6-10-7-12-9(3)13-10/h1,7-8,11H,5-6H2,2-3H3. The van der Waals surface area contributed by atoms with Crippen molar-refractivity contribution in [1.82, 2.24) is 10.3 Å². The van der Waals surface area contributed by atoms with Crippen molar-refractivity contribution in [2.45, 2.75) is 32.9 Å². The van der Waals surface area contributed by atoms with Gasteiger partial charge in [-0.15, -0.1) is 23.7 Å². The summed E-state index contributed by atoms with van der Waals surface area (Å²) in [5.74, 6) is 2.63. The van der Waals surface area contributed by atoms with Crippen LogP contribution in [0.1, 0.15) is 23.2 Å². The first kappa shape index (κ1) is 10.2. The Balaban J connectivity index is 2.31. The van der Waals surface area contributed by atoms with Crippen molar-refractivity contribution in [3.8, 4) is 12.3 Å². The first-order valence-electron chi connectivity index (χ1n) is 4.30. The second-order valence-electron chi connectivity index (χ2n) is 3.04. The molecule has 70 valence electrons. The molecule has 1 atom stereocenters. The summed E-state index contributed by atoms with van der Waals surface area (Å²) in [5, 5.41) is 4.45. The Kier molecular flexibility index (Phi) is 3.94. The Morgan fingerprint density at radius 2 is 2.54 bits per heavy atom. The van der Waals surface area contributed by atoms with Crippen molar-refractivity contribution in [2.24, 2.45) is 0 Å². The van der Waals surface area contributed by atoms with Crippen molar-refractivity contribution in [3.05, 3.63) is 16.1 Å². The number of aryl methyl sites for hydroxylation is 1. The van der Waals surface area contributed by atoms with E-state index in [0.29, 0.717) is 6.04 Å². The summed E-state index contributed by atoms with van der Waals surface area (Å²) < 4.78 is 0. The predicted octanol–water partition coefficient (Wildman–Crippen LogP) is 1.95. The van der Waals surface area contributed by atoms with Gasteiger partial charge in [-0.3, -0.25) is 0 Å². The van der Waals surface area contributed by atoms with E-state index in [9.17, 15) is 0 Å². The summed E-state index contributed by atoms with van der Waals surface area (Å²) in [6, 6.07) is 0.382. The lowest BCUT2D eigenvalue weighted by Gasteiger charge is -2.08. The zero-order valence-electron chi connectivity index (χ0n) is 8.00. The average Bonchev–Trinajstić information content (AvgIpc) is 2.49. The van der Waals surface area contributed by atoms with Crippen LogP contribution in [0.25, 0.3) is 0 Å². The molecule has 0 spiro atoms. The van der Waals surface area contributed by atoms with Gasteiger partial charge in [0.15, 0.2) is 0 Å². The molecular formula is C10H14N2S. The molecule has 1 unspecified atom stereocenters. The van der Waals surface area contributed by atoms with E-state index in [1.807, 2.05) is 13.1 Å². The molecule has 0 amide bonds. The van der Waals surface area contributed by atoms with Gasteiger partial charge in [-0.25, -0.2) is 4.98 Å². The molecule has 0 saturated heterocycles. The lowest BCUT2D eigenvalue weighted by Crippen LogP contribution is -2.24. The van der Waals surface area contributed by atoms with Crippen LogP contribution in [0.2, 0.25) is 0 Å². The monoisotopic (exact) mass is 194 g/mol. The number of hydrogen-bond acceptors (Lipinski definition) is 3. The van der Waals surface area contributed by atoms with Crippen LogP contribution >= 0.6 is 11.3 Å². The molecule has 0 radical (unpaired) electrons. The second-order valence-corrected chi connectivity index (χ2v) is 4.36. The zero-order chi connectivity index (χ0) is 9.68. The summed E-state index contributed by atoms with van der Waals surface area (Å²) in [7, 11) is 0. The lowest BCUT2D eigenvalue weighted by atomic mass is 10.2. The number of hydrogen-bond donors (Lipinski definition) is 1. The molecule has 0 fully saturated rings. The predicted molar refractivity (Wildman–Crippen MR) is 56.6 cm³/mol. The molecule has 2 nitrogen and oxygen atoms in total. The van der Waals surface area contributed by atoms with Crippen LogP contribution < -0.4 is 5.32 Å². The van der Waals surface area contributed by atoms with E-state index in [2.05, 4.69) is 23.1 Å². The minimum absolute atomic E-state index is 0.382. The molecule has 1 rings (SSSR count). The normalized spacial score (nSPS) is 12.4. The fourth-order valence-corrected chi connectivity index (χ4v) is 1.76. The van der Waals surface area contributed by atoms with Gasteiger partial charge >= 0.3 is 0 Å². The zero-order valence-corrected chi connectivity index (χ0v) is 8.82. The first-order chi connectivity index (χ1) is 6.22. The highest BCUT2D eigenvalue weighted by atomic mass is 32.1. The van der Waals surface area contributed by atoms with E-state index in [0.717, 1.165) is 18.0 Å². The molecule has 0 aliphatic rings. The Morgan fingerprint density at radius 3 is 3.08 bits per heavy atom. The fourth-order valence-electron chi connectivity index (χ4n) is 1.01. The number of nitrogens with zero attached hydrogens (tertiary/aromatic N) is 1. The van der Waals surface area contributed by atoms with Gasteiger partial charge in [-0.05, 0) is 13.8 Å². The Morgan fingerprint density at radius 1 is 1.77 bits per heavy atom. The lowest BCUT2D eigenvalue weighted by molar-refractivity contribution is 0.563. The molecule has 1 aromatic heterocycles. The molecular weight excluding hydrogens is 180 g/mol. The Bertz CT molecular complexity index is 298. The molecule has 1 heterocycles. The van der Waals surface area contributed by atoms with Gasteiger partial charge in [0.2, 0.25) is 0 Å². The van der Waals surface area contributed by atoms with Gasteiger partial charge in [-0.2, -0.15) is 0 Å². The van der Waals surface area contributed by atoms with Crippen molar-refractivity contribution < 1.29 is 0 Å². The summed E-state index contributed by atoms with van der Waals surface area (Å²) in [4.78, 5) is 5.44. The van der Waals surface area contributed by atoms with Gasteiger partial charge in [0, 0.05) is 30.1 Å². The van der Waals surface area contributed by atoms with Crippen LogP contribution in [-0.4, -0.2) is 11.0 Å². The summed E-state index contributed by atoms with van der Waals surface area (Å²) in [6.45, 7) is 4.97. The first-order valence-corrected chi connectivity index (χ1v) is 5.12. The SMILES string of the molecule is C#CCC(C)NCc1cnc(C)s1. The summed E-state index contributed by atoms with van der Waals surface area (Å²) >= 11 is 1.72. The molecule has 1 N–H and O–H groups in total. The van der Waals surface area contributed by atoms with Crippen LogP contribution in [0, 0.1) is 19.3 Å². The largest absolute Gasteiger partial charge is 0.308 e. The smallest absolute Gasteiger partial charge is 0.0897 e. The molecule has 0 aromatic carbocycles. The van der Waals surface area contributed by atoms with Crippen molar-refractivity contribution in [2.75, 3.05) is 0 Å². The van der Waals surface area contributed by atoms with Crippen molar-refractivity contribution >= 4 is 11.3 Å². The van der Waals surface area contributed by atoms with E-state index in [1.165, 1.54) is 4.88 Å². The Labute approximate surface area is 83.4 Å². The maximum atomic E-state index is 5.20. The molecule has 0 aliphatic heterocycles. The van der Waals surface area contributed by atoms with E-state index in [-0.39, 0.29) is 0 Å². The van der Waals surface area contributed by atoms with Crippen LogP contribution in [0.15, 0.2) is 6.20 Å². The molecule has 13 heavy (non-hydrogen) atoms. The maximum Gasteiger partial charge on any atom is 0.0897 e. The van der Waals surface area contributed by atoms with Gasteiger partial charge in [0.25, 0.3) is 0 Å². The minimum atomic E-state index is 0.382. The number of terminal acetylenes is 1. The van der Waals surface area contributed by atoms with E-state index in [4.69, 9.17) is 6.42 Å². The number of nitrogens with one attached hydrogen (secondary N) is 1. The van der Waals surface area contributed by atoms with E-state index >= 15 is 0 Å². The van der Waals surface area contributed by atoms with Gasteiger partial charge in [0.1, 0.15) is 0 Å². The van der Waals surface area contributed by atoms with Crippen molar-refractivity contribution in [3.63, 3.8) is 0 Å². The van der Waals surface area contributed by atoms with E-state index in [1.54, 1.807) is 11.3 Å². The molecule has 0 bridgehead atoms. The maximum absolute atomic E-state index is 5.20. The van der Waals surface area contributed by atoms with Crippen LogP contribution in [0.4, 0.5) is 0 Å². The second kappa shape index (κ2) is 5.00. The topological polar surface area (TPSA) is 24.9 Å². The number of rotatable bonds is 4. The summed E-state index contributed by atoms with van der Waals surface area (Å²) in [6.07, 6.45) is 7.89. The molecule has 0 aliphatic carbocycles. The third-order valence-corrected chi connectivity index (χ3v) is 2.63. The minimum Gasteiger partial charge on any atom is -0.308 e. The highest BCUT2D eigenvalue weighted by Gasteiger charge is 2.01. The number of thiazole rings is 1. The van der Waals surface area contributed by atoms with Crippen LogP contribution in [0.3, 0.4) is 0 Å². The quantitative estimate of drug-likeness (QED) is 0.741. The Hall–Kier alpha value is -0.850. The molecule has 3 heteroatoms. The van der Waals surface area contributed by atoms with Crippen molar-refractivity contribution in [1.29, 1.82) is 0 Å². The highest BCUT2D eigenvalue weighted by Crippen LogP contribution is 2.11. The highest BCUT2D eigenvalue weighted by molar-refractivity contribution is 7.11. The molecule has 0 saturated carbocycles. The van der Waals surface area contributed by atoms with Gasteiger partial charge < -0.3 is 5.32 Å².